The molecule has 1 rings (SSSR count). The Morgan fingerprint density at radius 1 is 1.43 bits per heavy atom. The van der Waals surface area contributed by atoms with Gasteiger partial charge in [0.25, 0.3) is 0 Å². The first-order chi connectivity index (χ1) is 6.44. The number of aliphatic hydroxyl groups is 1. The van der Waals surface area contributed by atoms with E-state index in [0.717, 1.165) is 15.9 Å². The molecule has 0 aliphatic rings. The number of halogens is 2. The molecule has 0 aliphatic heterocycles. The van der Waals surface area contributed by atoms with E-state index in [4.69, 9.17) is 16.7 Å². The van der Waals surface area contributed by atoms with Crippen LogP contribution in [0.4, 0.5) is 0 Å². The molecule has 1 aromatic rings. The van der Waals surface area contributed by atoms with Gasteiger partial charge in [-0.15, -0.1) is 0 Å². The summed E-state index contributed by atoms with van der Waals surface area (Å²) in [4.78, 5) is 0. The number of hydrogen-bond donors (Lipinski definition) is 1. The van der Waals surface area contributed by atoms with E-state index in [-0.39, 0.29) is 12.0 Å². The molecule has 0 heterocycles. The second-order valence-corrected chi connectivity index (χ2v) is 5.51. The van der Waals surface area contributed by atoms with Gasteiger partial charge in [-0.1, -0.05) is 31.5 Å². The summed E-state index contributed by atoms with van der Waals surface area (Å²) in [5, 5.41) is 9.86. The molecule has 0 spiro atoms. The summed E-state index contributed by atoms with van der Waals surface area (Å²) in [6, 6.07) is 5.86. The Kier molecular flexibility index (Phi) is 3.99. The number of hydrogen-bond acceptors (Lipinski definition) is 1. The van der Waals surface area contributed by atoms with Gasteiger partial charge in [0.15, 0.2) is 0 Å². The molecule has 0 atom stereocenters. The van der Waals surface area contributed by atoms with Crippen LogP contribution in [0.2, 0.25) is 5.02 Å². The zero-order valence-corrected chi connectivity index (χ0v) is 10.7. The molecule has 3 heteroatoms. The van der Waals surface area contributed by atoms with Gasteiger partial charge in [0, 0.05) is 11.1 Å². The van der Waals surface area contributed by atoms with Crippen molar-refractivity contribution in [1.82, 2.24) is 0 Å². The van der Waals surface area contributed by atoms with Gasteiger partial charge >= 0.3 is 0 Å². The molecule has 1 aromatic carbocycles. The third-order valence-corrected chi connectivity index (χ3v) is 3.31. The van der Waals surface area contributed by atoms with E-state index in [1.807, 2.05) is 32.0 Å². The first-order valence-electron chi connectivity index (χ1n) is 4.49. The Labute approximate surface area is 98.2 Å². The maximum absolute atomic E-state index is 9.14. The SMILES string of the molecule is CC(C)(CO)Cc1ccc(Cl)c(Br)c1. The smallest absolute Gasteiger partial charge is 0.0548 e. The van der Waals surface area contributed by atoms with E-state index in [2.05, 4.69) is 15.9 Å². The van der Waals surface area contributed by atoms with Crippen LogP contribution in [0.25, 0.3) is 0 Å². The quantitative estimate of drug-likeness (QED) is 0.894. The lowest BCUT2D eigenvalue weighted by atomic mass is 9.87. The topological polar surface area (TPSA) is 20.2 Å². The zero-order valence-electron chi connectivity index (χ0n) is 8.35. The Bertz CT molecular complexity index is 323. The van der Waals surface area contributed by atoms with Gasteiger partial charge in [-0.05, 0) is 45.5 Å². The van der Waals surface area contributed by atoms with Gasteiger partial charge in [0.1, 0.15) is 0 Å². The highest BCUT2D eigenvalue weighted by Crippen LogP contribution is 2.27. The largest absolute Gasteiger partial charge is 0.396 e. The molecular weight excluding hydrogens is 263 g/mol. The van der Waals surface area contributed by atoms with Crippen molar-refractivity contribution in [3.8, 4) is 0 Å². The summed E-state index contributed by atoms with van der Waals surface area (Å²) < 4.78 is 0.908. The van der Waals surface area contributed by atoms with Crippen molar-refractivity contribution in [2.24, 2.45) is 5.41 Å². The molecule has 0 aromatic heterocycles. The van der Waals surface area contributed by atoms with Crippen molar-refractivity contribution < 1.29 is 5.11 Å². The Morgan fingerprint density at radius 3 is 2.57 bits per heavy atom. The Hall–Kier alpha value is -0.0500. The highest BCUT2D eigenvalue weighted by Gasteiger charge is 2.17. The van der Waals surface area contributed by atoms with E-state index in [0.29, 0.717) is 0 Å². The highest BCUT2D eigenvalue weighted by molar-refractivity contribution is 9.10. The summed E-state index contributed by atoms with van der Waals surface area (Å²) in [7, 11) is 0. The van der Waals surface area contributed by atoms with Crippen LogP contribution in [0.5, 0.6) is 0 Å². The van der Waals surface area contributed by atoms with Crippen LogP contribution >= 0.6 is 27.5 Å². The van der Waals surface area contributed by atoms with E-state index in [1.54, 1.807) is 0 Å². The molecule has 0 amide bonds. The van der Waals surface area contributed by atoms with Crippen molar-refractivity contribution >= 4 is 27.5 Å². The first-order valence-corrected chi connectivity index (χ1v) is 5.66. The van der Waals surface area contributed by atoms with Crippen molar-refractivity contribution in [3.63, 3.8) is 0 Å². The van der Waals surface area contributed by atoms with Crippen LogP contribution in [0, 0.1) is 5.41 Å². The van der Waals surface area contributed by atoms with Crippen LogP contribution in [0.1, 0.15) is 19.4 Å². The maximum atomic E-state index is 9.14. The van der Waals surface area contributed by atoms with Crippen LogP contribution in [-0.2, 0) is 6.42 Å². The van der Waals surface area contributed by atoms with E-state index >= 15 is 0 Å². The molecule has 14 heavy (non-hydrogen) atoms. The molecule has 78 valence electrons. The first kappa shape index (κ1) is 12.0. The van der Waals surface area contributed by atoms with Gasteiger partial charge in [-0.25, -0.2) is 0 Å². The van der Waals surface area contributed by atoms with Crippen molar-refractivity contribution in [2.45, 2.75) is 20.3 Å². The average Bonchev–Trinajstić information content (AvgIpc) is 2.11. The lowest BCUT2D eigenvalue weighted by molar-refractivity contribution is 0.159. The third kappa shape index (κ3) is 3.26. The number of aliphatic hydroxyl groups excluding tert-OH is 1. The van der Waals surface area contributed by atoms with Gasteiger partial charge in [0.05, 0.1) is 5.02 Å². The minimum atomic E-state index is -0.0761. The second-order valence-electron chi connectivity index (χ2n) is 4.25. The summed E-state index contributed by atoms with van der Waals surface area (Å²) in [6.45, 7) is 4.26. The molecule has 1 N–H and O–H groups in total. The summed E-state index contributed by atoms with van der Waals surface area (Å²) in [5.41, 5.74) is 1.10. The van der Waals surface area contributed by atoms with Crippen LogP contribution in [0.3, 0.4) is 0 Å². The van der Waals surface area contributed by atoms with Crippen molar-refractivity contribution in [2.75, 3.05) is 6.61 Å². The van der Waals surface area contributed by atoms with Crippen LogP contribution < -0.4 is 0 Å². The fraction of sp³-hybridized carbons (Fsp3) is 0.455. The molecule has 0 aliphatic carbocycles. The molecule has 0 radical (unpaired) electrons. The van der Waals surface area contributed by atoms with Crippen LogP contribution in [-0.4, -0.2) is 11.7 Å². The standard InChI is InChI=1S/C11H14BrClO/c1-11(2,7-14)6-8-3-4-10(13)9(12)5-8/h3-5,14H,6-7H2,1-2H3. The van der Waals surface area contributed by atoms with Gasteiger partial charge < -0.3 is 5.11 Å². The fourth-order valence-corrected chi connectivity index (χ4v) is 1.80. The molecular formula is C11H14BrClO. The van der Waals surface area contributed by atoms with Gasteiger partial charge in [0.2, 0.25) is 0 Å². The van der Waals surface area contributed by atoms with E-state index in [9.17, 15) is 0 Å². The Balaban J connectivity index is 2.83. The molecule has 0 unspecified atom stereocenters. The predicted molar refractivity (Wildman–Crippen MR) is 63.7 cm³/mol. The molecule has 1 nitrogen and oxygen atoms in total. The highest BCUT2D eigenvalue weighted by atomic mass is 79.9. The molecule has 0 fully saturated rings. The summed E-state index contributed by atoms with van der Waals surface area (Å²) in [5.74, 6) is 0. The van der Waals surface area contributed by atoms with Gasteiger partial charge in [-0.3, -0.25) is 0 Å². The van der Waals surface area contributed by atoms with Gasteiger partial charge in [-0.2, -0.15) is 0 Å². The minimum absolute atomic E-state index is 0.0761. The summed E-state index contributed by atoms with van der Waals surface area (Å²) >= 11 is 9.27. The van der Waals surface area contributed by atoms with E-state index in [1.165, 1.54) is 5.56 Å². The molecule has 0 saturated heterocycles. The molecule has 0 bridgehead atoms. The normalized spacial score (nSPS) is 11.8. The average molecular weight is 278 g/mol. The Morgan fingerprint density at radius 2 is 2.07 bits per heavy atom. The molecule has 0 saturated carbocycles. The third-order valence-electron chi connectivity index (χ3n) is 2.09. The zero-order chi connectivity index (χ0) is 10.8. The summed E-state index contributed by atoms with van der Waals surface area (Å²) in [6.07, 6.45) is 0.846. The van der Waals surface area contributed by atoms with Crippen molar-refractivity contribution in [1.29, 1.82) is 0 Å². The van der Waals surface area contributed by atoms with E-state index < -0.39 is 0 Å². The van der Waals surface area contributed by atoms with Crippen LogP contribution in [0.15, 0.2) is 22.7 Å². The lowest BCUT2D eigenvalue weighted by Crippen LogP contribution is -2.19. The predicted octanol–water partition coefficient (Wildman–Crippen LogP) is 3.66. The lowest BCUT2D eigenvalue weighted by Gasteiger charge is -2.21. The monoisotopic (exact) mass is 276 g/mol. The number of benzene rings is 1. The fourth-order valence-electron chi connectivity index (χ4n) is 1.26. The minimum Gasteiger partial charge on any atom is -0.396 e. The number of rotatable bonds is 3. The van der Waals surface area contributed by atoms with Crippen molar-refractivity contribution in [3.05, 3.63) is 33.3 Å². The second kappa shape index (κ2) is 4.65. The maximum Gasteiger partial charge on any atom is 0.0548 e.